The molecule has 104 valence electrons. The van der Waals surface area contributed by atoms with E-state index >= 15 is 0 Å². The predicted octanol–water partition coefficient (Wildman–Crippen LogP) is 3.52. The zero-order valence-electron chi connectivity index (χ0n) is 11.8. The van der Waals surface area contributed by atoms with Crippen molar-refractivity contribution in [2.75, 3.05) is 13.7 Å². The summed E-state index contributed by atoms with van der Waals surface area (Å²) in [5.41, 5.74) is 1.87. The molecule has 0 atom stereocenters. The SMILES string of the molecule is COc1cccc(CCOc2ccc(C(C)=O)cc2)c1. The Balaban J connectivity index is 1.87. The molecule has 0 fully saturated rings. The molecule has 0 amide bonds. The number of hydrogen-bond acceptors (Lipinski definition) is 3. The van der Waals surface area contributed by atoms with Crippen molar-refractivity contribution in [2.45, 2.75) is 13.3 Å². The first kappa shape index (κ1) is 14.1. The Kier molecular flexibility index (Phi) is 4.77. The highest BCUT2D eigenvalue weighted by Gasteiger charge is 2.00. The Bertz CT molecular complexity index is 573. The summed E-state index contributed by atoms with van der Waals surface area (Å²) in [6.07, 6.45) is 0.811. The average Bonchev–Trinajstić information content (AvgIpc) is 2.48. The average molecular weight is 270 g/mol. The van der Waals surface area contributed by atoms with Gasteiger partial charge in [-0.15, -0.1) is 0 Å². The summed E-state index contributed by atoms with van der Waals surface area (Å²) in [5, 5.41) is 0. The monoisotopic (exact) mass is 270 g/mol. The lowest BCUT2D eigenvalue weighted by molar-refractivity contribution is 0.101. The minimum Gasteiger partial charge on any atom is -0.497 e. The fraction of sp³-hybridized carbons (Fsp3) is 0.235. The van der Waals surface area contributed by atoms with Gasteiger partial charge in [-0.05, 0) is 48.9 Å². The molecule has 0 saturated carbocycles. The fourth-order valence-electron chi connectivity index (χ4n) is 1.90. The van der Waals surface area contributed by atoms with Gasteiger partial charge in [0.15, 0.2) is 5.78 Å². The number of carbonyl (C=O) groups is 1. The Hall–Kier alpha value is -2.29. The van der Waals surface area contributed by atoms with Crippen LogP contribution >= 0.6 is 0 Å². The van der Waals surface area contributed by atoms with E-state index in [0.29, 0.717) is 12.2 Å². The summed E-state index contributed by atoms with van der Waals surface area (Å²) in [5.74, 6) is 1.69. The zero-order valence-corrected chi connectivity index (χ0v) is 11.8. The van der Waals surface area contributed by atoms with Crippen LogP contribution < -0.4 is 9.47 Å². The van der Waals surface area contributed by atoms with E-state index in [2.05, 4.69) is 0 Å². The summed E-state index contributed by atoms with van der Waals surface area (Å²) in [6.45, 7) is 2.14. The Morgan fingerprint density at radius 3 is 2.45 bits per heavy atom. The van der Waals surface area contributed by atoms with Crippen LogP contribution in [0.15, 0.2) is 48.5 Å². The number of hydrogen-bond donors (Lipinski definition) is 0. The van der Waals surface area contributed by atoms with Crippen molar-refractivity contribution in [3.05, 3.63) is 59.7 Å². The topological polar surface area (TPSA) is 35.5 Å². The van der Waals surface area contributed by atoms with Gasteiger partial charge in [-0.25, -0.2) is 0 Å². The molecule has 0 saturated heterocycles. The van der Waals surface area contributed by atoms with Crippen LogP contribution in [0.4, 0.5) is 0 Å². The molecule has 0 spiro atoms. The maximum Gasteiger partial charge on any atom is 0.159 e. The lowest BCUT2D eigenvalue weighted by Crippen LogP contribution is -2.02. The zero-order chi connectivity index (χ0) is 14.4. The smallest absolute Gasteiger partial charge is 0.159 e. The van der Waals surface area contributed by atoms with Gasteiger partial charge in [-0.1, -0.05) is 12.1 Å². The first-order chi connectivity index (χ1) is 9.69. The lowest BCUT2D eigenvalue weighted by atomic mass is 10.1. The third-order valence-electron chi connectivity index (χ3n) is 3.05. The highest BCUT2D eigenvalue weighted by Crippen LogP contribution is 2.15. The molecule has 2 aromatic rings. The molecular weight excluding hydrogens is 252 g/mol. The Morgan fingerprint density at radius 1 is 1.05 bits per heavy atom. The second-order valence-electron chi connectivity index (χ2n) is 4.53. The van der Waals surface area contributed by atoms with E-state index in [0.717, 1.165) is 17.9 Å². The summed E-state index contributed by atoms with van der Waals surface area (Å²) in [7, 11) is 1.66. The van der Waals surface area contributed by atoms with E-state index in [4.69, 9.17) is 9.47 Å². The molecule has 2 aromatic carbocycles. The normalized spacial score (nSPS) is 10.1. The molecule has 0 radical (unpaired) electrons. The van der Waals surface area contributed by atoms with Crippen molar-refractivity contribution >= 4 is 5.78 Å². The van der Waals surface area contributed by atoms with Crippen LogP contribution in [0.2, 0.25) is 0 Å². The van der Waals surface area contributed by atoms with E-state index in [-0.39, 0.29) is 5.78 Å². The van der Waals surface area contributed by atoms with Crippen molar-refractivity contribution in [3.8, 4) is 11.5 Å². The van der Waals surface area contributed by atoms with Crippen LogP contribution in [0.3, 0.4) is 0 Å². The van der Waals surface area contributed by atoms with Gasteiger partial charge < -0.3 is 9.47 Å². The molecule has 0 aliphatic carbocycles. The second-order valence-corrected chi connectivity index (χ2v) is 4.53. The summed E-state index contributed by atoms with van der Waals surface area (Å²) in [6, 6.07) is 15.1. The van der Waals surface area contributed by atoms with E-state index in [9.17, 15) is 4.79 Å². The molecule has 0 heterocycles. The molecular formula is C17H18O3. The quantitative estimate of drug-likeness (QED) is 0.753. The first-order valence-electron chi connectivity index (χ1n) is 6.56. The largest absolute Gasteiger partial charge is 0.497 e. The minimum absolute atomic E-state index is 0.0629. The fourth-order valence-corrected chi connectivity index (χ4v) is 1.90. The van der Waals surface area contributed by atoms with Crippen molar-refractivity contribution < 1.29 is 14.3 Å². The summed E-state index contributed by atoms with van der Waals surface area (Å²) >= 11 is 0. The van der Waals surface area contributed by atoms with Gasteiger partial charge >= 0.3 is 0 Å². The maximum atomic E-state index is 11.2. The van der Waals surface area contributed by atoms with Crippen LogP contribution in [0.5, 0.6) is 11.5 Å². The van der Waals surface area contributed by atoms with Gasteiger partial charge in [-0.3, -0.25) is 4.79 Å². The lowest BCUT2D eigenvalue weighted by Gasteiger charge is -2.07. The van der Waals surface area contributed by atoms with E-state index < -0.39 is 0 Å². The number of benzene rings is 2. The third kappa shape index (κ3) is 3.85. The van der Waals surface area contributed by atoms with Crippen molar-refractivity contribution in [3.63, 3.8) is 0 Å². The Labute approximate surface area is 119 Å². The van der Waals surface area contributed by atoms with Crippen LogP contribution in [0, 0.1) is 0 Å². The molecule has 20 heavy (non-hydrogen) atoms. The number of carbonyl (C=O) groups excluding carboxylic acids is 1. The number of ketones is 1. The maximum absolute atomic E-state index is 11.2. The standard InChI is InChI=1S/C17H18O3/c1-13(18)15-6-8-16(9-7-15)20-11-10-14-4-3-5-17(12-14)19-2/h3-9,12H,10-11H2,1-2H3. The van der Waals surface area contributed by atoms with Gasteiger partial charge in [0.05, 0.1) is 13.7 Å². The summed E-state index contributed by atoms with van der Waals surface area (Å²) in [4.78, 5) is 11.2. The number of Topliss-reactive ketones (excluding diaryl/α,β-unsaturated/α-hetero) is 1. The molecule has 3 nitrogen and oxygen atoms in total. The summed E-state index contributed by atoms with van der Waals surface area (Å²) < 4.78 is 10.8. The van der Waals surface area contributed by atoms with Crippen LogP contribution in [-0.2, 0) is 6.42 Å². The van der Waals surface area contributed by atoms with Crippen LogP contribution in [-0.4, -0.2) is 19.5 Å². The van der Waals surface area contributed by atoms with Crippen LogP contribution in [0.1, 0.15) is 22.8 Å². The second kappa shape index (κ2) is 6.75. The van der Waals surface area contributed by atoms with Gasteiger partial charge in [0.2, 0.25) is 0 Å². The van der Waals surface area contributed by atoms with Gasteiger partial charge in [0.25, 0.3) is 0 Å². The molecule has 0 bridgehead atoms. The highest BCUT2D eigenvalue weighted by atomic mass is 16.5. The first-order valence-corrected chi connectivity index (χ1v) is 6.56. The predicted molar refractivity (Wildman–Crippen MR) is 78.6 cm³/mol. The Morgan fingerprint density at radius 2 is 1.80 bits per heavy atom. The molecule has 0 aromatic heterocycles. The molecule has 0 unspecified atom stereocenters. The van der Waals surface area contributed by atoms with E-state index in [1.54, 1.807) is 26.2 Å². The number of ether oxygens (including phenoxy) is 2. The van der Waals surface area contributed by atoms with E-state index in [1.807, 2.05) is 36.4 Å². The van der Waals surface area contributed by atoms with Crippen molar-refractivity contribution in [2.24, 2.45) is 0 Å². The molecule has 0 aliphatic heterocycles. The molecule has 3 heteroatoms. The highest BCUT2D eigenvalue weighted by molar-refractivity contribution is 5.94. The minimum atomic E-state index is 0.0629. The van der Waals surface area contributed by atoms with Gasteiger partial charge in [-0.2, -0.15) is 0 Å². The van der Waals surface area contributed by atoms with E-state index in [1.165, 1.54) is 5.56 Å². The van der Waals surface area contributed by atoms with Crippen molar-refractivity contribution in [1.29, 1.82) is 0 Å². The molecule has 0 aliphatic rings. The molecule has 0 N–H and O–H groups in total. The third-order valence-corrected chi connectivity index (χ3v) is 3.05. The van der Waals surface area contributed by atoms with Gasteiger partial charge in [0, 0.05) is 12.0 Å². The molecule has 2 rings (SSSR count). The van der Waals surface area contributed by atoms with Crippen LogP contribution in [0.25, 0.3) is 0 Å². The van der Waals surface area contributed by atoms with Crippen molar-refractivity contribution in [1.82, 2.24) is 0 Å². The number of rotatable bonds is 6. The van der Waals surface area contributed by atoms with Gasteiger partial charge in [0.1, 0.15) is 11.5 Å². The number of methoxy groups -OCH3 is 1.